The number of nitrogens with one attached hydrogen (secondary N) is 2. The predicted octanol–water partition coefficient (Wildman–Crippen LogP) is 1.76. The molecule has 3 N–H and O–H groups in total. The molecule has 1 aromatic heterocycles. The summed E-state index contributed by atoms with van der Waals surface area (Å²) < 4.78 is 0. The molecule has 0 saturated heterocycles. The van der Waals surface area contributed by atoms with Gasteiger partial charge in [0.05, 0.1) is 0 Å². The van der Waals surface area contributed by atoms with Gasteiger partial charge in [-0.25, -0.2) is 0 Å². The standard InChI is InChI=1S/C14H14N6O/c15-7-9(14-17-19-20-18-14)8-16-12-5-6-13(21)11-4-2-1-3-10(11)12/h5-6,8,16,21H,1-4H2,(H,17,18,19,20). The predicted molar refractivity (Wildman–Crippen MR) is 76.1 cm³/mol. The van der Waals surface area contributed by atoms with Gasteiger partial charge in [-0.3, -0.25) is 0 Å². The first-order valence-corrected chi connectivity index (χ1v) is 6.74. The van der Waals surface area contributed by atoms with Crippen LogP contribution in [0.3, 0.4) is 0 Å². The number of hydrogen-bond donors (Lipinski definition) is 3. The van der Waals surface area contributed by atoms with E-state index >= 15 is 0 Å². The van der Waals surface area contributed by atoms with Crippen molar-refractivity contribution in [1.82, 2.24) is 20.6 Å². The number of phenolic OH excluding ortho intramolecular Hbond substituents is 1. The van der Waals surface area contributed by atoms with Crippen LogP contribution < -0.4 is 5.32 Å². The zero-order valence-electron chi connectivity index (χ0n) is 11.3. The van der Waals surface area contributed by atoms with Gasteiger partial charge in [-0.2, -0.15) is 10.5 Å². The van der Waals surface area contributed by atoms with Crippen LogP contribution >= 0.6 is 0 Å². The highest BCUT2D eigenvalue weighted by molar-refractivity contribution is 5.75. The van der Waals surface area contributed by atoms with Crippen molar-refractivity contribution in [2.75, 3.05) is 5.32 Å². The van der Waals surface area contributed by atoms with Crippen molar-refractivity contribution >= 4 is 11.3 Å². The van der Waals surface area contributed by atoms with Gasteiger partial charge in [0.25, 0.3) is 0 Å². The minimum atomic E-state index is 0.248. The molecule has 3 rings (SSSR count). The second kappa shape index (κ2) is 5.63. The Labute approximate surface area is 121 Å². The van der Waals surface area contributed by atoms with Crippen LogP contribution in [0.15, 0.2) is 18.3 Å². The summed E-state index contributed by atoms with van der Waals surface area (Å²) in [6.45, 7) is 0. The molecule has 0 aliphatic heterocycles. The number of benzene rings is 1. The van der Waals surface area contributed by atoms with Gasteiger partial charge in [-0.15, -0.1) is 10.2 Å². The summed E-state index contributed by atoms with van der Waals surface area (Å²) in [4.78, 5) is 0. The van der Waals surface area contributed by atoms with E-state index in [4.69, 9.17) is 5.26 Å². The minimum absolute atomic E-state index is 0.248. The Balaban J connectivity index is 1.91. The number of anilines is 1. The topological polar surface area (TPSA) is 111 Å². The first-order valence-electron chi connectivity index (χ1n) is 6.74. The van der Waals surface area contributed by atoms with Gasteiger partial charge in [0, 0.05) is 11.9 Å². The first kappa shape index (κ1) is 13.1. The molecule has 106 valence electrons. The van der Waals surface area contributed by atoms with E-state index in [0.29, 0.717) is 11.3 Å². The molecule has 2 aromatic rings. The van der Waals surface area contributed by atoms with Crippen molar-refractivity contribution in [2.45, 2.75) is 25.7 Å². The molecule has 1 aliphatic carbocycles. The Morgan fingerprint density at radius 1 is 1.33 bits per heavy atom. The van der Waals surface area contributed by atoms with Crippen LogP contribution in [0.4, 0.5) is 5.69 Å². The lowest BCUT2D eigenvalue weighted by atomic mass is 9.89. The van der Waals surface area contributed by atoms with Crippen molar-refractivity contribution in [2.24, 2.45) is 0 Å². The molecular weight excluding hydrogens is 268 g/mol. The van der Waals surface area contributed by atoms with Crippen molar-refractivity contribution in [3.63, 3.8) is 0 Å². The second-order valence-corrected chi connectivity index (χ2v) is 4.85. The summed E-state index contributed by atoms with van der Waals surface area (Å²) in [6.07, 6.45) is 5.56. The molecular formula is C14H14N6O. The van der Waals surface area contributed by atoms with Crippen LogP contribution in [0, 0.1) is 11.3 Å². The van der Waals surface area contributed by atoms with E-state index in [1.54, 1.807) is 12.3 Å². The van der Waals surface area contributed by atoms with Gasteiger partial charge < -0.3 is 10.4 Å². The highest BCUT2D eigenvalue weighted by atomic mass is 16.3. The van der Waals surface area contributed by atoms with Crippen molar-refractivity contribution in [3.8, 4) is 11.8 Å². The zero-order chi connectivity index (χ0) is 14.7. The van der Waals surface area contributed by atoms with E-state index in [2.05, 4.69) is 25.9 Å². The van der Waals surface area contributed by atoms with E-state index in [1.165, 1.54) is 0 Å². The normalized spacial score (nSPS) is 14.3. The SMILES string of the molecule is N#CC(=CNc1ccc(O)c2c1CCCC2)c1nn[nH]n1. The molecule has 0 spiro atoms. The number of allylic oxidation sites excluding steroid dienone is 1. The van der Waals surface area contributed by atoms with Crippen LogP contribution in [0.1, 0.15) is 29.8 Å². The number of fused-ring (bicyclic) bond motifs is 1. The summed E-state index contributed by atoms with van der Waals surface area (Å²) in [7, 11) is 0. The second-order valence-electron chi connectivity index (χ2n) is 4.85. The van der Waals surface area contributed by atoms with Crippen molar-refractivity contribution in [1.29, 1.82) is 5.26 Å². The number of nitrogens with zero attached hydrogens (tertiary/aromatic N) is 4. The summed E-state index contributed by atoms with van der Waals surface area (Å²) in [5.74, 6) is 0.593. The lowest BCUT2D eigenvalue weighted by molar-refractivity contribution is 0.462. The van der Waals surface area contributed by atoms with Crippen LogP contribution in [-0.2, 0) is 12.8 Å². The van der Waals surface area contributed by atoms with Gasteiger partial charge >= 0.3 is 0 Å². The lowest BCUT2D eigenvalue weighted by Crippen LogP contribution is -2.06. The van der Waals surface area contributed by atoms with E-state index in [0.717, 1.165) is 42.5 Å². The number of aromatic hydroxyl groups is 1. The fourth-order valence-electron chi connectivity index (χ4n) is 2.56. The van der Waals surface area contributed by atoms with Gasteiger partial charge in [0.2, 0.25) is 5.82 Å². The third-order valence-corrected chi connectivity index (χ3v) is 3.59. The van der Waals surface area contributed by atoms with Crippen LogP contribution in [-0.4, -0.2) is 25.7 Å². The average Bonchev–Trinajstić information content (AvgIpc) is 3.04. The van der Waals surface area contributed by atoms with Crippen LogP contribution in [0.2, 0.25) is 0 Å². The molecule has 0 atom stereocenters. The number of hydrogen-bond acceptors (Lipinski definition) is 6. The van der Waals surface area contributed by atoms with Gasteiger partial charge in [-0.05, 0) is 54.2 Å². The zero-order valence-corrected chi connectivity index (χ0v) is 11.3. The van der Waals surface area contributed by atoms with E-state index in [9.17, 15) is 5.11 Å². The maximum atomic E-state index is 9.93. The highest BCUT2D eigenvalue weighted by Gasteiger charge is 2.16. The molecule has 0 radical (unpaired) electrons. The Kier molecular flexibility index (Phi) is 3.51. The summed E-state index contributed by atoms with van der Waals surface area (Å²) in [6, 6.07) is 5.53. The maximum absolute atomic E-state index is 9.93. The summed E-state index contributed by atoms with van der Waals surface area (Å²) in [5.41, 5.74) is 3.31. The van der Waals surface area contributed by atoms with Crippen LogP contribution in [0.5, 0.6) is 5.75 Å². The number of aromatic nitrogens is 4. The smallest absolute Gasteiger partial charge is 0.216 e. The fourth-order valence-corrected chi connectivity index (χ4v) is 2.56. The quantitative estimate of drug-likeness (QED) is 0.584. The number of aromatic amines is 1. The Hall–Kier alpha value is -2.88. The van der Waals surface area contributed by atoms with Gasteiger partial charge in [0.1, 0.15) is 17.4 Å². The number of H-pyrrole nitrogens is 1. The van der Waals surface area contributed by atoms with E-state index in [-0.39, 0.29) is 5.82 Å². The monoisotopic (exact) mass is 282 g/mol. The van der Waals surface area contributed by atoms with Crippen LogP contribution in [0.25, 0.3) is 5.57 Å². The maximum Gasteiger partial charge on any atom is 0.216 e. The molecule has 21 heavy (non-hydrogen) atoms. The van der Waals surface area contributed by atoms with Crippen molar-refractivity contribution in [3.05, 3.63) is 35.3 Å². The largest absolute Gasteiger partial charge is 0.508 e. The molecule has 7 heteroatoms. The first-order chi connectivity index (χ1) is 10.3. The van der Waals surface area contributed by atoms with E-state index < -0.39 is 0 Å². The Morgan fingerprint density at radius 3 is 2.86 bits per heavy atom. The molecule has 1 aromatic carbocycles. The van der Waals surface area contributed by atoms with E-state index in [1.807, 2.05) is 12.1 Å². The number of nitriles is 1. The molecule has 0 amide bonds. The van der Waals surface area contributed by atoms with Gasteiger partial charge in [0.15, 0.2) is 0 Å². The Bertz CT molecular complexity index is 714. The number of tetrazole rings is 1. The van der Waals surface area contributed by atoms with Gasteiger partial charge in [-0.1, -0.05) is 0 Å². The molecule has 1 heterocycles. The van der Waals surface area contributed by atoms with Crippen molar-refractivity contribution < 1.29 is 5.11 Å². The summed E-state index contributed by atoms with van der Waals surface area (Å²) >= 11 is 0. The molecule has 7 nitrogen and oxygen atoms in total. The molecule has 1 aliphatic rings. The average molecular weight is 282 g/mol. The highest BCUT2D eigenvalue weighted by Crippen LogP contribution is 2.34. The third kappa shape index (κ3) is 2.56. The minimum Gasteiger partial charge on any atom is -0.508 e. The number of phenols is 1. The molecule has 0 unspecified atom stereocenters. The third-order valence-electron chi connectivity index (χ3n) is 3.59. The fraction of sp³-hybridized carbons (Fsp3) is 0.286. The lowest BCUT2D eigenvalue weighted by Gasteiger charge is -2.20. The Morgan fingerprint density at radius 2 is 2.14 bits per heavy atom. The summed E-state index contributed by atoms with van der Waals surface area (Å²) in [5, 5.41) is 35.5. The molecule has 0 fully saturated rings. The number of rotatable bonds is 3. The molecule has 0 saturated carbocycles. The molecule has 0 bridgehead atoms.